The van der Waals surface area contributed by atoms with Crippen molar-refractivity contribution in [2.75, 3.05) is 0 Å². The van der Waals surface area contributed by atoms with Crippen LogP contribution in [0.1, 0.15) is 99.3 Å². The first-order valence-corrected chi connectivity index (χ1v) is 13.2. The Morgan fingerprint density at radius 2 is 1.82 bits per heavy atom. The number of rotatable bonds is 9. The van der Waals surface area contributed by atoms with Crippen molar-refractivity contribution in [3.8, 4) is 0 Å². The van der Waals surface area contributed by atoms with Crippen LogP contribution in [-0.4, -0.2) is 11.9 Å². The third-order valence-corrected chi connectivity index (χ3v) is 10.7. The van der Waals surface area contributed by atoms with Crippen LogP contribution in [0, 0.1) is 39.9 Å². The molecule has 3 aliphatic carbocycles. The Labute approximate surface area is 206 Å². The largest absolute Gasteiger partial charge is 0.550 e. The molecular weight excluding hydrogens is 424 g/mol. The van der Waals surface area contributed by atoms with Gasteiger partial charge in [0.05, 0.1) is 5.97 Å². The molecule has 4 unspecified atom stereocenters. The quantitative estimate of drug-likeness (QED) is 0.353. The number of carboxylic acids is 2. The summed E-state index contributed by atoms with van der Waals surface area (Å²) in [6.07, 6.45) is 12.4. The maximum Gasteiger partial charge on any atom is 0.0668 e. The minimum Gasteiger partial charge on any atom is -0.550 e. The van der Waals surface area contributed by atoms with Crippen LogP contribution < -0.4 is 10.2 Å². The smallest absolute Gasteiger partial charge is 0.0668 e. The Morgan fingerprint density at radius 3 is 2.41 bits per heavy atom. The van der Waals surface area contributed by atoms with Crippen LogP contribution in [0.15, 0.2) is 35.5 Å². The zero-order valence-corrected chi connectivity index (χ0v) is 22.2. The Balaban J connectivity index is 1.89. The number of hydrogen-bond acceptors (Lipinski definition) is 4. The number of carbonyl (C=O) groups is 2. The van der Waals surface area contributed by atoms with Crippen molar-refractivity contribution in [1.29, 1.82) is 0 Å². The van der Waals surface area contributed by atoms with Crippen LogP contribution in [0.4, 0.5) is 0 Å². The Hall–Kier alpha value is -1.84. The highest BCUT2D eigenvalue weighted by molar-refractivity contribution is 5.83. The zero-order valence-electron chi connectivity index (χ0n) is 22.2. The molecule has 4 heteroatoms. The van der Waals surface area contributed by atoms with Crippen LogP contribution in [0.25, 0.3) is 0 Å². The van der Waals surface area contributed by atoms with E-state index >= 15 is 0 Å². The molecule has 0 aliphatic heterocycles. The summed E-state index contributed by atoms with van der Waals surface area (Å²) < 4.78 is 0. The van der Waals surface area contributed by atoms with Gasteiger partial charge in [-0.2, -0.15) is 0 Å². The molecule has 0 aromatic carbocycles. The molecule has 0 amide bonds. The summed E-state index contributed by atoms with van der Waals surface area (Å²) in [7, 11) is 0. The highest BCUT2D eigenvalue weighted by atomic mass is 16.4. The Bertz CT molecular complexity index is 897. The molecule has 3 aliphatic rings. The average molecular weight is 469 g/mol. The summed E-state index contributed by atoms with van der Waals surface area (Å²) >= 11 is 0. The van der Waals surface area contributed by atoms with E-state index in [4.69, 9.17) is 0 Å². The fourth-order valence-corrected chi connectivity index (χ4v) is 8.44. The topological polar surface area (TPSA) is 80.3 Å². The number of carboxylic acid groups (broad SMARTS) is 2. The van der Waals surface area contributed by atoms with E-state index in [9.17, 15) is 19.8 Å². The van der Waals surface area contributed by atoms with Crippen molar-refractivity contribution in [2.24, 2.45) is 39.9 Å². The third kappa shape index (κ3) is 4.42. The Kier molecular flexibility index (Phi) is 7.60. The van der Waals surface area contributed by atoms with Gasteiger partial charge in [-0.05, 0) is 117 Å². The van der Waals surface area contributed by atoms with Gasteiger partial charge >= 0.3 is 0 Å². The van der Waals surface area contributed by atoms with Gasteiger partial charge in [0.15, 0.2) is 0 Å². The average Bonchev–Trinajstić information content (AvgIpc) is 3.03. The lowest BCUT2D eigenvalue weighted by Crippen LogP contribution is -2.52. The normalized spacial score (nSPS) is 38.5. The van der Waals surface area contributed by atoms with Crippen LogP contribution >= 0.6 is 0 Å². The fraction of sp³-hybridized carbons (Fsp3) is 0.733. The zero-order chi connectivity index (χ0) is 25.5. The lowest BCUT2D eigenvalue weighted by molar-refractivity contribution is -0.306. The summed E-state index contributed by atoms with van der Waals surface area (Å²) in [5, 5.41) is 22.4. The number of aliphatic carboxylic acids is 2. The van der Waals surface area contributed by atoms with Crippen molar-refractivity contribution in [1.82, 2.24) is 0 Å². The van der Waals surface area contributed by atoms with E-state index in [1.165, 1.54) is 18.4 Å². The van der Waals surface area contributed by atoms with Crippen molar-refractivity contribution in [2.45, 2.75) is 99.3 Å². The van der Waals surface area contributed by atoms with Crippen molar-refractivity contribution in [3.63, 3.8) is 0 Å². The fourth-order valence-electron chi connectivity index (χ4n) is 8.44. The summed E-state index contributed by atoms with van der Waals surface area (Å²) in [6.45, 7) is 17.6. The molecule has 4 nitrogen and oxygen atoms in total. The van der Waals surface area contributed by atoms with Crippen molar-refractivity contribution >= 4 is 11.9 Å². The second kappa shape index (κ2) is 9.66. The van der Waals surface area contributed by atoms with Gasteiger partial charge < -0.3 is 19.8 Å². The van der Waals surface area contributed by atoms with Crippen molar-refractivity contribution < 1.29 is 19.8 Å². The summed E-state index contributed by atoms with van der Waals surface area (Å²) in [5.41, 5.74) is 3.18. The molecule has 0 N–H and O–H groups in total. The highest BCUT2D eigenvalue weighted by Crippen LogP contribution is 2.71. The van der Waals surface area contributed by atoms with Crippen LogP contribution in [0.3, 0.4) is 0 Å². The van der Waals surface area contributed by atoms with Gasteiger partial charge in [-0.3, -0.25) is 0 Å². The molecule has 2 fully saturated rings. The van der Waals surface area contributed by atoms with Crippen LogP contribution in [0.2, 0.25) is 0 Å². The van der Waals surface area contributed by atoms with E-state index < -0.39 is 11.9 Å². The molecule has 7 atom stereocenters. The molecule has 0 radical (unpaired) electrons. The lowest BCUT2D eigenvalue weighted by Gasteiger charge is -2.60. The van der Waals surface area contributed by atoms with Crippen LogP contribution in [-0.2, 0) is 9.59 Å². The van der Waals surface area contributed by atoms with Crippen LogP contribution in [0.5, 0.6) is 0 Å². The van der Waals surface area contributed by atoms with Gasteiger partial charge in [0, 0.05) is 5.97 Å². The molecular formula is C30H44O4-2. The maximum absolute atomic E-state index is 11.4. The van der Waals surface area contributed by atoms with E-state index in [0.717, 1.165) is 37.7 Å². The van der Waals surface area contributed by atoms with Gasteiger partial charge in [-0.1, -0.05) is 57.6 Å². The van der Waals surface area contributed by atoms with E-state index in [-0.39, 0.29) is 22.7 Å². The van der Waals surface area contributed by atoms with Gasteiger partial charge in [0.25, 0.3) is 0 Å². The summed E-state index contributed by atoms with van der Waals surface area (Å²) in [5.74, 6) is -0.133. The molecule has 2 saturated carbocycles. The van der Waals surface area contributed by atoms with Crippen molar-refractivity contribution in [3.05, 3.63) is 35.5 Å². The van der Waals surface area contributed by atoms with Gasteiger partial charge in [0.1, 0.15) is 0 Å². The molecule has 0 aromatic heterocycles. The van der Waals surface area contributed by atoms with Gasteiger partial charge in [-0.15, -0.1) is 0 Å². The number of allylic oxidation sites excluding steroid dienone is 4. The number of carbonyl (C=O) groups excluding carboxylic acids is 2. The Morgan fingerprint density at radius 1 is 1.15 bits per heavy atom. The highest BCUT2D eigenvalue weighted by Gasteiger charge is 2.63. The SMILES string of the molecule is C=C(C)C1CCC2C(=CC[C@]3(C)C(C(C)CCC=C(C)C(=O)[O-])CC[C@@]23C)[C@@]1(C)CCC(=O)[O-]. The molecule has 0 spiro atoms. The second-order valence-corrected chi connectivity index (χ2v) is 12.4. The molecule has 0 heterocycles. The number of hydrogen-bond donors (Lipinski definition) is 0. The minimum absolute atomic E-state index is 0.0940. The molecule has 190 valence electrons. The second-order valence-electron chi connectivity index (χ2n) is 12.4. The molecule has 0 bridgehead atoms. The predicted octanol–water partition coefficient (Wildman–Crippen LogP) is 4.99. The lowest BCUT2D eigenvalue weighted by atomic mass is 9.44. The predicted molar refractivity (Wildman–Crippen MR) is 132 cm³/mol. The number of fused-ring (bicyclic) bond motifs is 3. The first-order valence-electron chi connectivity index (χ1n) is 13.2. The first kappa shape index (κ1) is 26.8. The third-order valence-electron chi connectivity index (χ3n) is 10.7. The van der Waals surface area contributed by atoms with E-state index in [1.807, 2.05) is 6.08 Å². The minimum atomic E-state index is -1.08. The van der Waals surface area contributed by atoms with E-state index in [2.05, 4.69) is 47.3 Å². The summed E-state index contributed by atoms with van der Waals surface area (Å²) in [6, 6.07) is 0. The standard InChI is InChI=1S/C30H46O4/c1-19(2)22-11-12-25-24(28(22,5)16-15-26(31)32)14-18-29(6)23(13-17-30(25,29)7)20(3)9-8-10-21(4)27(33)34/h10,14,20,22-23,25H,1,8-9,11-13,15-18H2,2-7H3,(H,31,32)(H,33,34)/p-2/t20?,22?,23?,25?,28-,29+,30-/m0/s1. The summed E-state index contributed by atoms with van der Waals surface area (Å²) in [4.78, 5) is 22.4. The molecule has 3 rings (SSSR count). The van der Waals surface area contributed by atoms with Gasteiger partial charge in [0.2, 0.25) is 0 Å². The van der Waals surface area contributed by atoms with E-state index in [1.54, 1.807) is 6.92 Å². The first-order chi connectivity index (χ1) is 15.8. The monoisotopic (exact) mass is 468 g/mol. The van der Waals surface area contributed by atoms with Gasteiger partial charge in [-0.25, -0.2) is 0 Å². The molecule has 0 aromatic rings. The maximum atomic E-state index is 11.4. The van der Waals surface area contributed by atoms with E-state index in [0.29, 0.717) is 35.7 Å². The molecule has 34 heavy (non-hydrogen) atoms. The molecule has 0 saturated heterocycles.